The molecule has 0 aromatic carbocycles. The summed E-state index contributed by atoms with van der Waals surface area (Å²) >= 11 is 0. The van der Waals surface area contributed by atoms with Gasteiger partial charge in [0.05, 0.1) is 0 Å². The van der Waals surface area contributed by atoms with Gasteiger partial charge in [0.15, 0.2) is 0 Å². The predicted octanol–water partition coefficient (Wildman–Crippen LogP) is -1.40. The van der Waals surface area contributed by atoms with Gasteiger partial charge in [-0.1, -0.05) is 6.55 Å². The molecule has 0 aliphatic carbocycles. The average Bonchev–Trinajstić information content (AvgIpc) is 2.20. The number of carbonyl (C=O) groups excluding carboxylic acids is 2. The lowest BCUT2D eigenvalue weighted by atomic mass is 10.6. The SMILES string of the molecule is C[SiH3].O=C1C=CC(=O)N1. The van der Waals surface area contributed by atoms with E-state index in [1.807, 2.05) is 5.32 Å². The minimum atomic E-state index is -0.329. The van der Waals surface area contributed by atoms with Crippen molar-refractivity contribution < 1.29 is 9.59 Å². The first-order chi connectivity index (χ1) is 4.29. The molecule has 0 unspecified atom stereocenters. The Morgan fingerprint density at radius 2 is 1.56 bits per heavy atom. The minimum absolute atomic E-state index is 0.329. The lowest BCUT2D eigenvalue weighted by Crippen LogP contribution is -2.19. The van der Waals surface area contributed by atoms with E-state index in [9.17, 15) is 9.59 Å². The second kappa shape index (κ2) is 4.02. The number of amides is 2. The van der Waals surface area contributed by atoms with Crippen LogP contribution in [0.25, 0.3) is 0 Å². The van der Waals surface area contributed by atoms with Gasteiger partial charge in [-0.3, -0.25) is 14.9 Å². The van der Waals surface area contributed by atoms with Crippen molar-refractivity contribution >= 4 is 22.1 Å². The maximum absolute atomic E-state index is 10.0. The monoisotopic (exact) mass is 143 g/mol. The molecule has 1 rings (SSSR count). The molecule has 3 nitrogen and oxygen atoms in total. The molecular weight excluding hydrogens is 134 g/mol. The fraction of sp³-hybridized carbons (Fsp3) is 0.200. The second-order valence-electron chi connectivity index (χ2n) is 1.19. The molecule has 50 valence electrons. The predicted molar refractivity (Wildman–Crippen MR) is 38.1 cm³/mol. The Hall–Kier alpha value is -0.903. The number of rotatable bonds is 0. The number of hydrogen-bond donors (Lipinski definition) is 1. The van der Waals surface area contributed by atoms with Crippen LogP contribution < -0.4 is 5.32 Å². The van der Waals surface area contributed by atoms with E-state index in [1.54, 1.807) is 0 Å². The molecule has 1 aliphatic rings. The summed E-state index contributed by atoms with van der Waals surface area (Å²) in [4.78, 5) is 20.1. The third-order valence-corrected chi connectivity index (χ3v) is 0.632. The highest BCUT2D eigenvalue weighted by Gasteiger charge is 2.06. The number of hydrogen-bond acceptors (Lipinski definition) is 2. The van der Waals surface area contributed by atoms with E-state index in [0.717, 1.165) is 0 Å². The summed E-state index contributed by atoms with van der Waals surface area (Å²) in [6, 6.07) is 0. The van der Waals surface area contributed by atoms with E-state index in [4.69, 9.17) is 0 Å². The van der Waals surface area contributed by atoms with Crippen LogP contribution in [-0.4, -0.2) is 22.1 Å². The van der Waals surface area contributed by atoms with Gasteiger partial charge in [-0.2, -0.15) is 0 Å². The van der Waals surface area contributed by atoms with Crippen molar-refractivity contribution in [3.63, 3.8) is 0 Å². The van der Waals surface area contributed by atoms with Crippen LogP contribution in [0.4, 0.5) is 0 Å². The largest absolute Gasteiger partial charge is 0.289 e. The van der Waals surface area contributed by atoms with Crippen LogP contribution >= 0.6 is 0 Å². The van der Waals surface area contributed by atoms with E-state index in [0.29, 0.717) is 0 Å². The molecule has 9 heavy (non-hydrogen) atoms. The zero-order valence-electron chi connectivity index (χ0n) is 5.47. The maximum Gasteiger partial charge on any atom is 0.250 e. The standard InChI is InChI=1S/C4H3NO2.CH6Si/c6-3-1-2-4(7)5-3;1-2/h1-2H,(H,5,6,7);1-2H3. The van der Waals surface area contributed by atoms with Gasteiger partial charge in [-0.15, -0.1) is 0 Å². The van der Waals surface area contributed by atoms with Gasteiger partial charge in [-0.05, 0) is 10.2 Å². The molecule has 0 aromatic rings. The summed E-state index contributed by atoms with van der Waals surface area (Å²) in [6.45, 7) is 2.14. The van der Waals surface area contributed by atoms with Crippen LogP contribution in [0, 0.1) is 0 Å². The molecule has 0 atom stereocenters. The van der Waals surface area contributed by atoms with Crippen LogP contribution in [-0.2, 0) is 9.59 Å². The first kappa shape index (κ1) is 8.10. The fourth-order valence-corrected chi connectivity index (χ4v) is 0.356. The Bertz CT molecular complexity index is 137. The summed E-state index contributed by atoms with van der Waals surface area (Å²) < 4.78 is 0. The van der Waals surface area contributed by atoms with Gasteiger partial charge in [0, 0.05) is 12.2 Å². The first-order valence-electron chi connectivity index (χ1n) is 2.82. The van der Waals surface area contributed by atoms with Gasteiger partial charge in [0.2, 0.25) is 0 Å². The number of imide groups is 1. The zero-order chi connectivity index (χ0) is 7.28. The smallest absolute Gasteiger partial charge is 0.250 e. The van der Waals surface area contributed by atoms with E-state index < -0.39 is 0 Å². The van der Waals surface area contributed by atoms with E-state index in [1.165, 1.54) is 22.4 Å². The van der Waals surface area contributed by atoms with Crippen molar-refractivity contribution in [1.29, 1.82) is 0 Å². The lowest BCUT2D eigenvalue weighted by molar-refractivity contribution is -0.123. The van der Waals surface area contributed by atoms with Crippen molar-refractivity contribution in [2.24, 2.45) is 0 Å². The average molecular weight is 143 g/mol. The van der Waals surface area contributed by atoms with Gasteiger partial charge in [-0.25, -0.2) is 0 Å². The molecule has 2 amide bonds. The molecule has 0 radical (unpaired) electrons. The van der Waals surface area contributed by atoms with Gasteiger partial charge in [0.1, 0.15) is 0 Å². The van der Waals surface area contributed by atoms with E-state index >= 15 is 0 Å². The molecule has 0 saturated heterocycles. The fourth-order valence-electron chi connectivity index (χ4n) is 0.356. The summed E-state index contributed by atoms with van der Waals surface area (Å²) in [6.07, 6.45) is 2.39. The van der Waals surface area contributed by atoms with Gasteiger partial charge < -0.3 is 0 Å². The molecule has 1 heterocycles. The van der Waals surface area contributed by atoms with Crippen molar-refractivity contribution in [2.45, 2.75) is 6.55 Å². The quantitative estimate of drug-likeness (QED) is 0.335. The van der Waals surface area contributed by atoms with Crippen molar-refractivity contribution in [1.82, 2.24) is 5.32 Å². The van der Waals surface area contributed by atoms with Crippen LogP contribution in [0.3, 0.4) is 0 Å². The highest BCUT2D eigenvalue weighted by Crippen LogP contribution is 1.82. The summed E-state index contributed by atoms with van der Waals surface area (Å²) in [5.41, 5.74) is 0. The third kappa shape index (κ3) is 2.81. The second-order valence-corrected chi connectivity index (χ2v) is 1.19. The van der Waals surface area contributed by atoms with E-state index in [2.05, 4.69) is 6.55 Å². The van der Waals surface area contributed by atoms with Crippen LogP contribution in [0.1, 0.15) is 0 Å². The Morgan fingerprint density at radius 3 is 1.67 bits per heavy atom. The van der Waals surface area contributed by atoms with Gasteiger partial charge >= 0.3 is 0 Å². The summed E-state index contributed by atoms with van der Waals surface area (Å²) in [5, 5.41) is 2.03. The van der Waals surface area contributed by atoms with Crippen molar-refractivity contribution in [3.05, 3.63) is 12.2 Å². The molecule has 0 spiro atoms. The number of nitrogens with one attached hydrogen (secondary N) is 1. The normalized spacial score (nSPS) is 14.8. The molecule has 4 heteroatoms. The van der Waals surface area contributed by atoms with Crippen LogP contribution in [0.2, 0.25) is 6.55 Å². The molecule has 0 aromatic heterocycles. The Morgan fingerprint density at radius 1 is 1.22 bits per heavy atom. The summed E-state index contributed by atoms with van der Waals surface area (Å²) in [5.74, 6) is -0.657. The number of carbonyl (C=O) groups is 2. The maximum atomic E-state index is 10.0. The molecule has 1 N–H and O–H groups in total. The van der Waals surface area contributed by atoms with Gasteiger partial charge in [0.25, 0.3) is 11.8 Å². The molecule has 0 saturated carbocycles. The molecule has 1 aliphatic heterocycles. The highest BCUT2D eigenvalue weighted by molar-refractivity contribution is 6.12. The lowest BCUT2D eigenvalue weighted by Gasteiger charge is -1.80. The third-order valence-electron chi connectivity index (χ3n) is 0.632. The minimum Gasteiger partial charge on any atom is -0.289 e. The molecule has 0 bridgehead atoms. The van der Waals surface area contributed by atoms with Crippen molar-refractivity contribution in [3.8, 4) is 0 Å². The van der Waals surface area contributed by atoms with Crippen LogP contribution in [0.15, 0.2) is 12.2 Å². The zero-order valence-corrected chi connectivity index (χ0v) is 7.47. The Kier molecular flexibility index (Phi) is 3.62. The van der Waals surface area contributed by atoms with Crippen LogP contribution in [0.5, 0.6) is 0 Å². The highest BCUT2D eigenvalue weighted by atomic mass is 28.1. The Labute approximate surface area is 56.6 Å². The molecule has 0 fully saturated rings. The summed E-state index contributed by atoms with van der Waals surface area (Å²) in [7, 11) is 1.31. The van der Waals surface area contributed by atoms with Crippen molar-refractivity contribution in [2.75, 3.05) is 0 Å². The Balaban J connectivity index is 0.000000291. The first-order valence-corrected chi connectivity index (χ1v) is 4.82. The molecular formula is C5H9NO2Si. The topological polar surface area (TPSA) is 46.2 Å². The van der Waals surface area contributed by atoms with E-state index in [-0.39, 0.29) is 11.8 Å².